The average molecular weight is 153 g/mol. The number of aliphatic carboxylic acids is 1. The lowest BCUT2D eigenvalue weighted by Gasteiger charge is -2.12. The van der Waals surface area contributed by atoms with Gasteiger partial charge >= 0.3 is 5.97 Å². The Bertz CT molecular complexity index is 106. The van der Waals surface area contributed by atoms with E-state index in [0.29, 0.717) is 0 Å². The van der Waals surface area contributed by atoms with Crippen LogP contribution in [0.1, 0.15) is 0 Å². The van der Waals surface area contributed by atoms with Crippen molar-refractivity contribution in [3.05, 3.63) is 0 Å². The molecule has 0 aliphatic rings. The largest absolute Gasteiger partial charge is 0.480 e. The average Bonchev–Trinajstić information content (AvgIpc) is 1.64. The van der Waals surface area contributed by atoms with Crippen LogP contribution in [0.25, 0.3) is 0 Å². The van der Waals surface area contributed by atoms with Gasteiger partial charge in [0.25, 0.3) is 0 Å². The summed E-state index contributed by atoms with van der Waals surface area (Å²) >= 11 is 3.55. The molecule has 0 heterocycles. The van der Waals surface area contributed by atoms with Crippen molar-refractivity contribution in [2.45, 2.75) is 6.04 Å². The van der Waals surface area contributed by atoms with Crippen molar-refractivity contribution in [1.82, 2.24) is 5.23 Å². The minimum absolute atomic E-state index is 0.150. The van der Waals surface area contributed by atoms with Crippen LogP contribution in [-0.4, -0.2) is 38.5 Å². The maximum Gasteiger partial charge on any atom is 0.326 e. The predicted octanol–water partition coefficient (Wildman–Crippen LogP) is -0.550. The summed E-state index contributed by atoms with van der Waals surface area (Å²) in [6.07, 6.45) is 0. The molecule has 0 spiro atoms. The molecule has 0 aromatic rings. The van der Waals surface area contributed by atoms with E-state index in [2.05, 4.69) is 12.6 Å². The molecular formula is C3H7NO4S. The highest BCUT2D eigenvalue weighted by atomic mass is 32.1. The smallest absolute Gasteiger partial charge is 0.326 e. The molecule has 0 bridgehead atoms. The molecule has 0 radical (unpaired) electrons. The van der Waals surface area contributed by atoms with E-state index in [4.69, 9.17) is 15.5 Å². The van der Waals surface area contributed by atoms with E-state index in [1.807, 2.05) is 0 Å². The Balaban J connectivity index is 3.83. The van der Waals surface area contributed by atoms with Crippen molar-refractivity contribution in [1.29, 1.82) is 0 Å². The van der Waals surface area contributed by atoms with Crippen LogP contribution in [0.3, 0.4) is 0 Å². The monoisotopic (exact) mass is 153 g/mol. The molecule has 3 N–H and O–H groups in total. The third-order valence-corrected chi connectivity index (χ3v) is 1.08. The number of carboxylic acids is 1. The summed E-state index contributed by atoms with van der Waals surface area (Å²) < 4.78 is 0. The molecule has 0 aromatic carbocycles. The Morgan fingerprint density at radius 3 is 2.11 bits per heavy atom. The van der Waals surface area contributed by atoms with E-state index in [1.54, 1.807) is 0 Å². The molecule has 1 unspecified atom stereocenters. The summed E-state index contributed by atoms with van der Waals surface area (Å²) in [6.45, 7) is 0. The van der Waals surface area contributed by atoms with Gasteiger partial charge in [-0.15, -0.1) is 0 Å². The van der Waals surface area contributed by atoms with Crippen LogP contribution >= 0.6 is 12.6 Å². The molecule has 6 heteroatoms. The minimum Gasteiger partial charge on any atom is -0.480 e. The van der Waals surface area contributed by atoms with Crippen LogP contribution in [0.4, 0.5) is 0 Å². The maximum absolute atomic E-state index is 9.96. The Hall–Kier alpha value is -0.300. The van der Waals surface area contributed by atoms with E-state index < -0.39 is 12.0 Å². The molecule has 0 fully saturated rings. The fraction of sp³-hybridized carbons (Fsp3) is 0.667. The van der Waals surface area contributed by atoms with Crippen LogP contribution in [0.5, 0.6) is 0 Å². The van der Waals surface area contributed by atoms with E-state index in [9.17, 15) is 4.79 Å². The molecule has 5 nitrogen and oxygen atoms in total. The summed E-state index contributed by atoms with van der Waals surface area (Å²) in [4.78, 5) is 9.96. The highest BCUT2D eigenvalue weighted by Gasteiger charge is 2.20. The SMILES string of the molecule is O=C(O)C(CS)N(O)O. The summed E-state index contributed by atoms with van der Waals surface area (Å²) in [5, 5.41) is 24.0. The van der Waals surface area contributed by atoms with Crippen LogP contribution < -0.4 is 0 Å². The molecule has 0 saturated heterocycles. The summed E-state index contributed by atoms with van der Waals surface area (Å²) in [5.41, 5.74) is 0. The zero-order chi connectivity index (χ0) is 7.44. The van der Waals surface area contributed by atoms with Crippen LogP contribution in [0.15, 0.2) is 0 Å². The Labute approximate surface area is 56.8 Å². The summed E-state index contributed by atoms with van der Waals surface area (Å²) in [7, 11) is 0. The normalized spacial score (nSPS) is 13.8. The summed E-state index contributed by atoms with van der Waals surface area (Å²) in [6, 6.07) is -1.35. The number of hydrogen-bond acceptors (Lipinski definition) is 5. The molecule has 0 amide bonds. The molecule has 0 aliphatic carbocycles. The Kier molecular flexibility index (Phi) is 3.55. The van der Waals surface area contributed by atoms with E-state index >= 15 is 0 Å². The summed E-state index contributed by atoms with van der Waals surface area (Å²) in [5.74, 6) is -1.47. The molecule has 0 aromatic heterocycles. The number of nitrogens with zero attached hydrogens (tertiary/aromatic N) is 1. The molecule has 0 aliphatic heterocycles. The van der Waals surface area contributed by atoms with Gasteiger partial charge in [0.1, 0.15) is 0 Å². The van der Waals surface area contributed by atoms with Crippen molar-refractivity contribution in [2.75, 3.05) is 5.75 Å². The molecule has 9 heavy (non-hydrogen) atoms. The van der Waals surface area contributed by atoms with Gasteiger partial charge in [-0.05, 0) is 0 Å². The van der Waals surface area contributed by atoms with Gasteiger partial charge in [-0.25, -0.2) is 0 Å². The van der Waals surface area contributed by atoms with E-state index in [-0.39, 0.29) is 11.0 Å². The van der Waals surface area contributed by atoms with Crippen LogP contribution in [0.2, 0.25) is 0 Å². The first-order valence-electron chi connectivity index (χ1n) is 2.10. The second-order valence-electron chi connectivity index (χ2n) is 1.36. The number of hydrogen-bond donors (Lipinski definition) is 4. The van der Waals surface area contributed by atoms with Crippen LogP contribution in [-0.2, 0) is 4.79 Å². The zero-order valence-corrected chi connectivity index (χ0v) is 5.32. The number of hydroxylamine groups is 2. The first-order chi connectivity index (χ1) is 4.09. The number of thiol groups is 1. The van der Waals surface area contributed by atoms with Gasteiger partial charge < -0.3 is 5.11 Å². The fourth-order valence-corrected chi connectivity index (χ4v) is 0.552. The first kappa shape index (κ1) is 8.70. The van der Waals surface area contributed by atoms with Gasteiger partial charge in [-0.2, -0.15) is 12.6 Å². The van der Waals surface area contributed by atoms with Crippen molar-refractivity contribution >= 4 is 18.6 Å². The lowest BCUT2D eigenvalue weighted by molar-refractivity contribution is -0.323. The number of carboxylic acid groups (broad SMARTS) is 1. The van der Waals surface area contributed by atoms with Gasteiger partial charge in [0.05, 0.1) is 0 Å². The quantitative estimate of drug-likeness (QED) is 0.323. The third-order valence-electron chi connectivity index (χ3n) is 0.737. The van der Waals surface area contributed by atoms with Crippen LogP contribution in [0, 0.1) is 0 Å². The van der Waals surface area contributed by atoms with Gasteiger partial charge in [-0.3, -0.25) is 15.2 Å². The third kappa shape index (κ3) is 2.66. The second kappa shape index (κ2) is 3.67. The molecule has 0 rings (SSSR count). The predicted molar refractivity (Wildman–Crippen MR) is 30.7 cm³/mol. The highest BCUT2D eigenvalue weighted by Crippen LogP contribution is 1.94. The lowest BCUT2D eigenvalue weighted by Crippen LogP contribution is -2.37. The van der Waals surface area contributed by atoms with Crippen molar-refractivity contribution < 1.29 is 20.3 Å². The standard InChI is InChI=1S/C3H7NO4S/c5-3(6)2(1-9)4(7)8/h2,7-9H,1H2,(H,5,6). The maximum atomic E-state index is 9.96. The number of rotatable bonds is 3. The topological polar surface area (TPSA) is 81.0 Å². The van der Waals surface area contributed by atoms with E-state index in [1.165, 1.54) is 0 Å². The van der Waals surface area contributed by atoms with E-state index in [0.717, 1.165) is 0 Å². The molecule has 54 valence electrons. The zero-order valence-electron chi connectivity index (χ0n) is 4.43. The van der Waals surface area contributed by atoms with Crippen molar-refractivity contribution in [2.24, 2.45) is 0 Å². The molecular weight excluding hydrogens is 146 g/mol. The number of carbonyl (C=O) groups is 1. The van der Waals surface area contributed by atoms with Crippen molar-refractivity contribution in [3.63, 3.8) is 0 Å². The highest BCUT2D eigenvalue weighted by molar-refractivity contribution is 7.80. The Morgan fingerprint density at radius 2 is 2.11 bits per heavy atom. The van der Waals surface area contributed by atoms with Gasteiger partial charge in [-0.1, -0.05) is 5.23 Å². The minimum atomic E-state index is -1.35. The van der Waals surface area contributed by atoms with Gasteiger partial charge in [0.2, 0.25) is 0 Å². The lowest BCUT2D eigenvalue weighted by atomic mass is 10.4. The van der Waals surface area contributed by atoms with Crippen molar-refractivity contribution in [3.8, 4) is 0 Å². The van der Waals surface area contributed by atoms with Gasteiger partial charge in [0.15, 0.2) is 6.04 Å². The second-order valence-corrected chi connectivity index (χ2v) is 1.72. The fourth-order valence-electron chi connectivity index (χ4n) is 0.250. The molecule has 0 saturated carbocycles. The first-order valence-corrected chi connectivity index (χ1v) is 2.73. The Morgan fingerprint density at radius 1 is 1.67 bits per heavy atom. The van der Waals surface area contributed by atoms with Gasteiger partial charge in [0, 0.05) is 5.75 Å². The molecule has 1 atom stereocenters.